The molecule has 0 aliphatic rings. The van der Waals surface area contributed by atoms with E-state index in [-0.39, 0.29) is 17.7 Å². The van der Waals surface area contributed by atoms with Gasteiger partial charge in [-0.2, -0.15) is 5.26 Å². The van der Waals surface area contributed by atoms with Crippen LogP contribution in [0.15, 0.2) is 16.5 Å². The SMILES string of the molecule is CCCNC(=O)C(C)NCc1ccc(C#N)o1. The van der Waals surface area contributed by atoms with Gasteiger partial charge in [0, 0.05) is 6.54 Å². The van der Waals surface area contributed by atoms with E-state index in [1.165, 1.54) is 0 Å². The molecule has 92 valence electrons. The summed E-state index contributed by atoms with van der Waals surface area (Å²) in [5.41, 5.74) is 0. The van der Waals surface area contributed by atoms with Crippen LogP contribution in [-0.2, 0) is 11.3 Å². The Balaban J connectivity index is 2.35. The summed E-state index contributed by atoms with van der Waals surface area (Å²) in [7, 11) is 0. The first-order valence-corrected chi connectivity index (χ1v) is 5.67. The molecular weight excluding hydrogens is 218 g/mol. The van der Waals surface area contributed by atoms with Gasteiger partial charge in [0.1, 0.15) is 11.8 Å². The topological polar surface area (TPSA) is 78.1 Å². The maximum Gasteiger partial charge on any atom is 0.236 e. The number of nitriles is 1. The molecule has 0 fully saturated rings. The average molecular weight is 235 g/mol. The number of carbonyl (C=O) groups excluding carboxylic acids is 1. The zero-order valence-electron chi connectivity index (χ0n) is 10.1. The number of rotatable bonds is 6. The highest BCUT2D eigenvalue weighted by Crippen LogP contribution is 2.06. The predicted molar refractivity (Wildman–Crippen MR) is 63.0 cm³/mol. The molecule has 5 heteroatoms. The molecule has 0 saturated heterocycles. The van der Waals surface area contributed by atoms with Crippen molar-refractivity contribution in [2.45, 2.75) is 32.9 Å². The highest BCUT2D eigenvalue weighted by Gasteiger charge is 2.11. The van der Waals surface area contributed by atoms with E-state index in [9.17, 15) is 4.79 Å². The average Bonchev–Trinajstić information content (AvgIpc) is 2.80. The van der Waals surface area contributed by atoms with Crippen LogP contribution in [0.4, 0.5) is 0 Å². The number of hydrogen-bond donors (Lipinski definition) is 2. The zero-order valence-corrected chi connectivity index (χ0v) is 10.1. The Morgan fingerprint density at radius 1 is 1.59 bits per heavy atom. The van der Waals surface area contributed by atoms with Crippen LogP contribution in [-0.4, -0.2) is 18.5 Å². The molecule has 0 radical (unpaired) electrons. The van der Waals surface area contributed by atoms with Crippen LogP contribution in [0.1, 0.15) is 31.8 Å². The fourth-order valence-corrected chi connectivity index (χ4v) is 1.28. The van der Waals surface area contributed by atoms with Crippen molar-refractivity contribution in [1.29, 1.82) is 5.26 Å². The summed E-state index contributed by atoms with van der Waals surface area (Å²) >= 11 is 0. The van der Waals surface area contributed by atoms with Gasteiger partial charge in [0.25, 0.3) is 0 Å². The summed E-state index contributed by atoms with van der Waals surface area (Å²) in [6, 6.07) is 4.97. The van der Waals surface area contributed by atoms with Crippen molar-refractivity contribution >= 4 is 5.91 Å². The van der Waals surface area contributed by atoms with Crippen LogP contribution in [0.5, 0.6) is 0 Å². The summed E-state index contributed by atoms with van der Waals surface area (Å²) in [5, 5.41) is 14.4. The van der Waals surface area contributed by atoms with Crippen LogP contribution >= 0.6 is 0 Å². The molecule has 17 heavy (non-hydrogen) atoms. The lowest BCUT2D eigenvalue weighted by Crippen LogP contribution is -2.41. The van der Waals surface area contributed by atoms with Crippen LogP contribution in [0.25, 0.3) is 0 Å². The van der Waals surface area contributed by atoms with Crippen LogP contribution in [0, 0.1) is 11.3 Å². The number of hydrogen-bond acceptors (Lipinski definition) is 4. The second kappa shape index (κ2) is 6.71. The van der Waals surface area contributed by atoms with Crippen molar-refractivity contribution in [1.82, 2.24) is 10.6 Å². The van der Waals surface area contributed by atoms with Crippen molar-refractivity contribution in [2.75, 3.05) is 6.54 Å². The van der Waals surface area contributed by atoms with Gasteiger partial charge < -0.3 is 9.73 Å². The second-order valence-corrected chi connectivity index (χ2v) is 3.77. The van der Waals surface area contributed by atoms with Crippen LogP contribution in [0.2, 0.25) is 0 Å². The molecule has 1 rings (SSSR count). The van der Waals surface area contributed by atoms with Gasteiger partial charge in [0.05, 0.1) is 12.6 Å². The van der Waals surface area contributed by atoms with Gasteiger partial charge in [-0.05, 0) is 25.5 Å². The van der Waals surface area contributed by atoms with Crippen molar-refractivity contribution in [2.24, 2.45) is 0 Å². The standard InChI is InChI=1S/C12H17N3O2/c1-3-6-14-12(16)9(2)15-8-11-5-4-10(7-13)17-11/h4-5,9,15H,3,6,8H2,1-2H3,(H,14,16). The molecule has 0 aliphatic carbocycles. The Labute approximate surface area is 101 Å². The lowest BCUT2D eigenvalue weighted by Gasteiger charge is -2.12. The Morgan fingerprint density at radius 2 is 2.35 bits per heavy atom. The molecule has 1 atom stereocenters. The summed E-state index contributed by atoms with van der Waals surface area (Å²) in [5.74, 6) is 0.903. The minimum atomic E-state index is -0.280. The molecule has 0 spiro atoms. The third kappa shape index (κ3) is 4.29. The number of nitrogens with zero attached hydrogens (tertiary/aromatic N) is 1. The molecule has 0 saturated carbocycles. The molecule has 1 aromatic rings. The van der Waals surface area contributed by atoms with Gasteiger partial charge in [-0.25, -0.2) is 0 Å². The molecule has 1 heterocycles. The smallest absolute Gasteiger partial charge is 0.236 e. The lowest BCUT2D eigenvalue weighted by atomic mass is 10.3. The Hall–Kier alpha value is -1.80. The summed E-state index contributed by atoms with van der Waals surface area (Å²) in [6.45, 7) is 4.91. The van der Waals surface area contributed by atoms with Crippen LogP contribution in [0.3, 0.4) is 0 Å². The molecular formula is C12H17N3O2. The van der Waals surface area contributed by atoms with Gasteiger partial charge in [0.2, 0.25) is 11.7 Å². The molecule has 0 aromatic carbocycles. The lowest BCUT2D eigenvalue weighted by molar-refractivity contribution is -0.122. The number of carbonyl (C=O) groups is 1. The maximum absolute atomic E-state index is 11.5. The number of amides is 1. The highest BCUT2D eigenvalue weighted by molar-refractivity contribution is 5.81. The second-order valence-electron chi connectivity index (χ2n) is 3.77. The quantitative estimate of drug-likeness (QED) is 0.775. The number of nitrogens with one attached hydrogen (secondary N) is 2. The van der Waals surface area contributed by atoms with Gasteiger partial charge >= 0.3 is 0 Å². The van der Waals surface area contributed by atoms with E-state index < -0.39 is 0 Å². The molecule has 5 nitrogen and oxygen atoms in total. The van der Waals surface area contributed by atoms with Crippen molar-refractivity contribution in [3.8, 4) is 6.07 Å². The normalized spacial score (nSPS) is 11.8. The van der Waals surface area contributed by atoms with Crippen LogP contribution < -0.4 is 10.6 Å². The molecule has 1 aromatic heterocycles. The van der Waals surface area contributed by atoms with Crippen molar-refractivity contribution in [3.05, 3.63) is 23.7 Å². The summed E-state index contributed by atoms with van der Waals surface area (Å²) < 4.78 is 5.19. The minimum absolute atomic E-state index is 0.0288. The highest BCUT2D eigenvalue weighted by atomic mass is 16.3. The van der Waals surface area contributed by atoms with E-state index in [1.54, 1.807) is 19.1 Å². The van der Waals surface area contributed by atoms with Gasteiger partial charge in [0.15, 0.2) is 0 Å². The largest absolute Gasteiger partial charge is 0.449 e. The first-order valence-electron chi connectivity index (χ1n) is 5.67. The van der Waals surface area contributed by atoms with Gasteiger partial charge in [-0.3, -0.25) is 10.1 Å². The molecule has 0 aliphatic heterocycles. The van der Waals surface area contributed by atoms with Gasteiger partial charge in [-0.1, -0.05) is 6.92 Å². The summed E-state index contributed by atoms with van der Waals surface area (Å²) in [6.07, 6.45) is 0.919. The van der Waals surface area contributed by atoms with E-state index in [1.807, 2.05) is 13.0 Å². The third-order valence-corrected chi connectivity index (χ3v) is 2.30. The first-order chi connectivity index (χ1) is 8.17. The fraction of sp³-hybridized carbons (Fsp3) is 0.500. The van der Waals surface area contributed by atoms with E-state index in [0.717, 1.165) is 6.42 Å². The molecule has 2 N–H and O–H groups in total. The maximum atomic E-state index is 11.5. The zero-order chi connectivity index (χ0) is 12.7. The van der Waals surface area contributed by atoms with E-state index in [2.05, 4.69) is 10.6 Å². The Bertz CT molecular complexity index is 406. The van der Waals surface area contributed by atoms with E-state index >= 15 is 0 Å². The Kier molecular flexibility index (Phi) is 5.24. The van der Waals surface area contributed by atoms with Gasteiger partial charge in [-0.15, -0.1) is 0 Å². The molecule has 0 bridgehead atoms. The first kappa shape index (κ1) is 13.3. The third-order valence-electron chi connectivity index (χ3n) is 2.30. The fourth-order valence-electron chi connectivity index (χ4n) is 1.28. The molecule has 1 unspecified atom stereocenters. The van der Waals surface area contributed by atoms with E-state index in [0.29, 0.717) is 18.8 Å². The molecule has 1 amide bonds. The Morgan fingerprint density at radius 3 is 2.94 bits per heavy atom. The monoisotopic (exact) mass is 235 g/mol. The van der Waals surface area contributed by atoms with E-state index in [4.69, 9.17) is 9.68 Å². The van der Waals surface area contributed by atoms with Crippen molar-refractivity contribution < 1.29 is 9.21 Å². The number of furan rings is 1. The summed E-state index contributed by atoms with van der Waals surface area (Å²) in [4.78, 5) is 11.5. The van der Waals surface area contributed by atoms with Crippen molar-refractivity contribution in [3.63, 3.8) is 0 Å². The predicted octanol–water partition coefficient (Wildman–Crippen LogP) is 1.16. The minimum Gasteiger partial charge on any atom is -0.449 e.